The molecule has 3 saturated heterocycles. The van der Waals surface area contributed by atoms with Gasteiger partial charge in [-0.3, -0.25) is 9.78 Å². The molecule has 1 atom stereocenters. The van der Waals surface area contributed by atoms with Crippen LogP contribution in [0.25, 0.3) is 0 Å². The van der Waals surface area contributed by atoms with Gasteiger partial charge in [0.15, 0.2) is 0 Å². The number of pyridine rings is 1. The molecule has 0 unspecified atom stereocenters. The van der Waals surface area contributed by atoms with Gasteiger partial charge in [-0.2, -0.15) is 0 Å². The molecule has 0 N–H and O–H groups in total. The summed E-state index contributed by atoms with van der Waals surface area (Å²) in [6.07, 6.45) is 8.99. The number of amides is 1. The highest BCUT2D eigenvalue weighted by Crippen LogP contribution is 2.34. The number of ether oxygens (including phenoxy) is 2. The van der Waals surface area contributed by atoms with Crippen molar-refractivity contribution in [2.75, 3.05) is 55.7 Å². The SMILES string of the molecule is C[C@H]1CCCN1CCCOc1ccc(N2CCC3(CC2)CN(c2cccnc2)C(=O)CO3)cc1. The van der Waals surface area contributed by atoms with Crippen LogP contribution in [0.15, 0.2) is 48.8 Å². The topological polar surface area (TPSA) is 58.1 Å². The van der Waals surface area contributed by atoms with Crippen molar-refractivity contribution in [3.8, 4) is 5.75 Å². The number of piperidine rings is 1. The summed E-state index contributed by atoms with van der Waals surface area (Å²) < 4.78 is 12.1. The fourth-order valence-corrected chi connectivity index (χ4v) is 5.47. The molecule has 2 aromatic rings. The molecule has 0 aliphatic carbocycles. The van der Waals surface area contributed by atoms with Crippen LogP contribution in [0.5, 0.6) is 5.75 Å². The molecule has 0 bridgehead atoms. The van der Waals surface area contributed by atoms with Crippen molar-refractivity contribution < 1.29 is 14.3 Å². The summed E-state index contributed by atoms with van der Waals surface area (Å²) in [5.74, 6) is 0.944. The summed E-state index contributed by atoms with van der Waals surface area (Å²) in [5, 5.41) is 0. The number of morpholine rings is 1. The van der Waals surface area contributed by atoms with Gasteiger partial charge in [-0.1, -0.05) is 0 Å². The molecule has 3 fully saturated rings. The number of hydrogen-bond donors (Lipinski definition) is 0. The molecule has 5 rings (SSSR count). The molecule has 3 aliphatic heterocycles. The van der Waals surface area contributed by atoms with Gasteiger partial charge in [-0.05, 0) is 82.0 Å². The number of carbonyl (C=O) groups excluding carboxylic acids is 1. The Kier molecular flexibility index (Phi) is 7.02. The second-order valence-electron chi connectivity index (χ2n) is 9.87. The van der Waals surface area contributed by atoms with E-state index >= 15 is 0 Å². The van der Waals surface area contributed by atoms with Crippen molar-refractivity contribution in [2.45, 2.75) is 50.7 Å². The van der Waals surface area contributed by atoms with E-state index in [9.17, 15) is 4.79 Å². The van der Waals surface area contributed by atoms with Gasteiger partial charge in [0.2, 0.25) is 0 Å². The van der Waals surface area contributed by atoms with Crippen LogP contribution < -0.4 is 14.5 Å². The number of hydrogen-bond acceptors (Lipinski definition) is 6. The second-order valence-corrected chi connectivity index (χ2v) is 9.87. The Morgan fingerprint density at radius 2 is 1.94 bits per heavy atom. The lowest BCUT2D eigenvalue weighted by atomic mass is 9.88. The minimum atomic E-state index is -0.282. The summed E-state index contributed by atoms with van der Waals surface area (Å²) >= 11 is 0. The number of likely N-dealkylation sites (tertiary alicyclic amines) is 1. The Morgan fingerprint density at radius 3 is 2.65 bits per heavy atom. The van der Waals surface area contributed by atoms with Crippen LogP contribution >= 0.6 is 0 Å². The van der Waals surface area contributed by atoms with Crippen LogP contribution in [-0.2, 0) is 9.53 Å². The second kappa shape index (κ2) is 10.3. The molecule has 7 heteroatoms. The quantitative estimate of drug-likeness (QED) is 0.582. The first-order valence-corrected chi connectivity index (χ1v) is 12.7. The molecule has 182 valence electrons. The van der Waals surface area contributed by atoms with Crippen LogP contribution in [0, 0.1) is 0 Å². The molecule has 34 heavy (non-hydrogen) atoms. The van der Waals surface area contributed by atoms with Crippen molar-refractivity contribution >= 4 is 17.3 Å². The van der Waals surface area contributed by atoms with Crippen molar-refractivity contribution in [3.05, 3.63) is 48.8 Å². The number of benzene rings is 1. The number of nitrogens with zero attached hydrogens (tertiary/aromatic N) is 4. The first-order chi connectivity index (χ1) is 16.6. The third-order valence-corrected chi connectivity index (χ3v) is 7.63. The Hall–Kier alpha value is -2.64. The molecule has 3 aliphatic rings. The highest BCUT2D eigenvalue weighted by atomic mass is 16.5. The van der Waals surface area contributed by atoms with E-state index in [1.807, 2.05) is 17.0 Å². The van der Waals surface area contributed by atoms with Gasteiger partial charge >= 0.3 is 0 Å². The summed E-state index contributed by atoms with van der Waals surface area (Å²) in [6.45, 7) is 7.99. The highest BCUT2D eigenvalue weighted by Gasteiger charge is 2.42. The summed E-state index contributed by atoms with van der Waals surface area (Å²) in [7, 11) is 0. The monoisotopic (exact) mass is 464 g/mol. The molecule has 0 saturated carbocycles. The molecule has 1 spiro atoms. The minimum absolute atomic E-state index is 0.00610. The molecule has 1 aromatic heterocycles. The van der Waals surface area contributed by atoms with Crippen LogP contribution in [0.1, 0.15) is 39.0 Å². The van der Waals surface area contributed by atoms with Crippen LogP contribution in [-0.4, -0.2) is 73.4 Å². The van der Waals surface area contributed by atoms with Gasteiger partial charge in [-0.25, -0.2) is 0 Å². The minimum Gasteiger partial charge on any atom is -0.494 e. The van der Waals surface area contributed by atoms with E-state index in [-0.39, 0.29) is 18.1 Å². The van der Waals surface area contributed by atoms with Crippen LogP contribution in [0.2, 0.25) is 0 Å². The summed E-state index contributed by atoms with van der Waals surface area (Å²) in [5.41, 5.74) is 1.78. The number of aromatic nitrogens is 1. The first-order valence-electron chi connectivity index (χ1n) is 12.7. The molecular formula is C27H36N4O3. The Balaban J connectivity index is 1.10. The van der Waals surface area contributed by atoms with Crippen LogP contribution in [0.3, 0.4) is 0 Å². The Morgan fingerprint density at radius 1 is 1.12 bits per heavy atom. The average Bonchev–Trinajstić information content (AvgIpc) is 3.29. The van der Waals surface area contributed by atoms with E-state index in [0.29, 0.717) is 6.54 Å². The van der Waals surface area contributed by atoms with E-state index in [1.54, 1.807) is 12.4 Å². The number of carbonyl (C=O) groups is 1. The average molecular weight is 465 g/mol. The number of rotatable bonds is 7. The normalized spacial score (nSPS) is 23.0. The zero-order valence-electron chi connectivity index (χ0n) is 20.2. The fourth-order valence-electron chi connectivity index (χ4n) is 5.47. The molecule has 7 nitrogen and oxygen atoms in total. The Labute approximate surface area is 202 Å². The maximum Gasteiger partial charge on any atom is 0.253 e. The third-order valence-electron chi connectivity index (χ3n) is 7.63. The van der Waals surface area contributed by atoms with Gasteiger partial charge in [0.1, 0.15) is 12.4 Å². The zero-order chi connectivity index (χ0) is 23.4. The lowest BCUT2D eigenvalue weighted by Gasteiger charge is -2.47. The maximum atomic E-state index is 12.5. The van der Waals surface area contributed by atoms with Crippen LogP contribution in [0.4, 0.5) is 11.4 Å². The maximum absolute atomic E-state index is 12.5. The summed E-state index contributed by atoms with van der Waals surface area (Å²) in [6, 6.07) is 13.0. The van der Waals surface area contributed by atoms with Crippen molar-refractivity contribution in [1.29, 1.82) is 0 Å². The van der Waals surface area contributed by atoms with Gasteiger partial charge in [0, 0.05) is 37.6 Å². The molecule has 4 heterocycles. The number of anilines is 2. The zero-order valence-corrected chi connectivity index (χ0v) is 20.2. The summed E-state index contributed by atoms with van der Waals surface area (Å²) in [4.78, 5) is 23.4. The predicted octanol–water partition coefficient (Wildman–Crippen LogP) is 3.74. The van der Waals surface area contributed by atoms with E-state index in [0.717, 1.165) is 63.0 Å². The van der Waals surface area contributed by atoms with Gasteiger partial charge < -0.3 is 24.2 Å². The molecule has 1 aromatic carbocycles. The van der Waals surface area contributed by atoms with Gasteiger partial charge in [0.25, 0.3) is 5.91 Å². The van der Waals surface area contributed by atoms with Crippen molar-refractivity contribution in [1.82, 2.24) is 9.88 Å². The fraction of sp³-hybridized carbons (Fsp3) is 0.556. The lowest BCUT2D eigenvalue weighted by Crippen LogP contribution is -2.59. The first kappa shape index (κ1) is 23.1. The largest absolute Gasteiger partial charge is 0.494 e. The van der Waals surface area contributed by atoms with Gasteiger partial charge in [0.05, 0.1) is 30.6 Å². The standard InChI is InChI=1S/C27H36N4O3/c1-22-5-3-14-29(22)15-4-18-33-25-9-7-23(8-10-25)30-16-11-27(12-17-30)21-31(26(32)20-34-27)24-6-2-13-28-19-24/h2,6-10,13,19,22H,3-5,11-12,14-18,20-21H2,1H3/t22-/m0/s1. The van der Waals surface area contributed by atoms with Crippen molar-refractivity contribution in [3.63, 3.8) is 0 Å². The Bertz CT molecular complexity index is 944. The van der Waals surface area contributed by atoms with E-state index in [2.05, 4.69) is 46.0 Å². The highest BCUT2D eigenvalue weighted by molar-refractivity contribution is 5.95. The van der Waals surface area contributed by atoms with E-state index < -0.39 is 0 Å². The predicted molar refractivity (Wildman–Crippen MR) is 134 cm³/mol. The van der Waals surface area contributed by atoms with E-state index in [1.165, 1.54) is 25.1 Å². The van der Waals surface area contributed by atoms with Crippen molar-refractivity contribution in [2.24, 2.45) is 0 Å². The molecule has 1 amide bonds. The van der Waals surface area contributed by atoms with E-state index in [4.69, 9.17) is 9.47 Å². The van der Waals surface area contributed by atoms with Gasteiger partial charge in [-0.15, -0.1) is 0 Å². The molecule has 0 radical (unpaired) electrons. The smallest absolute Gasteiger partial charge is 0.253 e. The lowest BCUT2D eigenvalue weighted by molar-refractivity contribution is -0.141. The molecular weight excluding hydrogens is 428 g/mol. The third kappa shape index (κ3) is 5.20.